The van der Waals surface area contributed by atoms with Gasteiger partial charge in [-0.05, 0) is 72.8 Å². The Morgan fingerprint density at radius 3 is 0.709 bits per heavy atom. The van der Waals surface area contributed by atoms with Gasteiger partial charge in [0.05, 0.1) is 14.1 Å². The first kappa shape index (κ1) is 40.1. The van der Waals surface area contributed by atoms with E-state index in [4.69, 9.17) is 0 Å². The van der Waals surface area contributed by atoms with Gasteiger partial charge in [-0.3, -0.25) is 0 Å². The van der Waals surface area contributed by atoms with E-state index >= 15 is 0 Å². The standard InChI is InChI=1S/2C19H18N.C6BF5O3/c2*1-20(17-11-5-2-6-12-17,18-13-7-3-8-14-18)19-15-9-4-10-16-19;8-1-2(9)4(11)6(15-7(13)14)5(12)3(1)10/h2*2-16H,1H3;/q2*+1;-2. The topological polar surface area (TPSA) is 55.3 Å². The summed E-state index contributed by atoms with van der Waals surface area (Å²) in [4.78, 5) is 0. The SMILES string of the molecule is C[N+](c1ccccc1)(c1ccccc1)c1ccccc1.C[N+](c1ccccc1)(c1ccccc1)c1ccccc1.[O-]B([O-])Oc1c(F)c(F)c(F)c(F)c1F. The van der Waals surface area contributed by atoms with Gasteiger partial charge in [-0.2, -0.15) is 8.78 Å². The van der Waals surface area contributed by atoms with Gasteiger partial charge >= 0.3 is 0 Å². The molecule has 0 unspecified atom stereocenters. The number of quaternary nitrogens is 2. The van der Waals surface area contributed by atoms with Gasteiger partial charge in [-0.25, -0.2) is 22.1 Å². The molecule has 0 aliphatic heterocycles. The molecule has 0 saturated carbocycles. The fourth-order valence-corrected chi connectivity index (χ4v) is 6.04. The van der Waals surface area contributed by atoms with E-state index < -0.39 is 42.2 Å². The third-order valence-corrected chi connectivity index (χ3v) is 9.02. The van der Waals surface area contributed by atoms with Gasteiger partial charge in [0.1, 0.15) is 41.4 Å². The van der Waals surface area contributed by atoms with Gasteiger partial charge in [0.2, 0.25) is 29.1 Å². The molecule has 0 atom stereocenters. The Morgan fingerprint density at radius 1 is 0.345 bits per heavy atom. The lowest BCUT2D eigenvalue weighted by Crippen LogP contribution is -2.50. The second-order valence-electron chi connectivity index (χ2n) is 12.3. The minimum absolute atomic E-state index is 0.669. The number of hydrogen-bond donors (Lipinski definition) is 0. The van der Waals surface area contributed by atoms with Crippen LogP contribution in [0.15, 0.2) is 182 Å². The molecule has 5 nitrogen and oxygen atoms in total. The van der Waals surface area contributed by atoms with Crippen LogP contribution in [-0.4, -0.2) is 21.4 Å². The Labute approximate surface area is 317 Å². The van der Waals surface area contributed by atoms with Crippen molar-refractivity contribution in [2.45, 2.75) is 0 Å². The van der Waals surface area contributed by atoms with E-state index in [1.165, 1.54) is 34.1 Å². The van der Waals surface area contributed by atoms with Gasteiger partial charge in [0.25, 0.3) is 0 Å². The molecular formula is C44H36BF5N2O3. The van der Waals surface area contributed by atoms with Crippen molar-refractivity contribution in [2.75, 3.05) is 14.1 Å². The van der Waals surface area contributed by atoms with Crippen LogP contribution in [0, 0.1) is 29.1 Å². The summed E-state index contributed by atoms with van der Waals surface area (Å²) in [6.07, 6.45) is 0. The lowest BCUT2D eigenvalue weighted by molar-refractivity contribution is -0.372. The minimum Gasteiger partial charge on any atom is -0.860 e. The number of para-hydroxylation sites is 6. The Bertz CT molecular complexity index is 1890. The van der Waals surface area contributed by atoms with Crippen LogP contribution in [0.3, 0.4) is 0 Å². The van der Waals surface area contributed by atoms with Crippen LogP contribution in [0.2, 0.25) is 0 Å². The molecule has 0 aliphatic carbocycles. The molecule has 278 valence electrons. The Morgan fingerprint density at radius 2 is 0.527 bits per heavy atom. The van der Waals surface area contributed by atoms with E-state index in [2.05, 4.69) is 201 Å². The molecule has 0 heterocycles. The molecule has 7 aromatic carbocycles. The number of rotatable bonds is 8. The van der Waals surface area contributed by atoms with Gasteiger partial charge in [0.15, 0.2) is 5.75 Å². The molecule has 7 aromatic rings. The summed E-state index contributed by atoms with van der Waals surface area (Å²) in [7, 11) is 1.28. The van der Waals surface area contributed by atoms with Crippen LogP contribution in [0.1, 0.15) is 0 Å². The van der Waals surface area contributed by atoms with Crippen LogP contribution in [-0.2, 0) is 0 Å². The van der Waals surface area contributed by atoms with Crippen molar-refractivity contribution < 1.29 is 36.7 Å². The fraction of sp³-hybridized carbons (Fsp3) is 0.0455. The minimum atomic E-state index is -3.20. The molecular weight excluding hydrogens is 710 g/mol. The maximum atomic E-state index is 12.6. The molecule has 0 fully saturated rings. The summed E-state index contributed by atoms with van der Waals surface area (Å²) in [6, 6.07) is 63.7. The van der Waals surface area contributed by atoms with Gasteiger partial charge in [0, 0.05) is 0 Å². The molecule has 11 heteroatoms. The molecule has 0 N–H and O–H groups in total. The molecule has 0 radical (unpaired) electrons. The predicted molar refractivity (Wildman–Crippen MR) is 205 cm³/mol. The molecule has 0 amide bonds. The quantitative estimate of drug-likeness (QED) is 0.0512. The van der Waals surface area contributed by atoms with Crippen LogP contribution < -0.4 is 23.7 Å². The highest BCUT2D eigenvalue weighted by Crippen LogP contribution is 2.42. The summed E-state index contributed by atoms with van der Waals surface area (Å²) in [5.74, 6) is -13.6. The van der Waals surface area contributed by atoms with E-state index in [0.717, 1.165) is 0 Å². The van der Waals surface area contributed by atoms with Crippen LogP contribution >= 0.6 is 0 Å². The molecule has 0 bridgehead atoms. The lowest BCUT2D eigenvalue weighted by Gasteiger charge is -2.33. The summed E-state index contributed by atoms with van der Waals surface area (Å²) in [5.41, 5.74) is 7.53. The fourth-order valence-electron chi connectivity index (χ4n) is 6.04. The molecule has 0 spiro atoms. The Kier molecular flexibility index (Phi) is 13.3. The normalized spacial score (nSPS) is 11.0. The summed E-state index contributed by atoms with van der Waals surface area (Å²) in [6.45, 7) is 0. The maximum Gasteiger partial charge on any atom is 0.205 e. The molecule has 0 saturated heterocycles. The zero-order chi connectivity index (χ0) is 39.4. The first-order valence-electron chi connectivity index (χ1n) is 17.1. The predicted octanol–water partition coefficient (Wildman–Crippen LogP) is 10.0. The summed E-state index contributed by atoms with van der Waals surface area (Å²) >= 11 is 0. The van der Waals surface area contributed by atoms with Crippen molar-refractivity contribution in [2.24, 2.45) is 0 Å². The summed E-state index contributed by atoms with van der Waals surface area (Å²) < 4.78 is 67.2. The monoisotopic (exact) mass is 746 g/mol. The van der Waals surface area contributed by atoms with Gasteiger partial charge in [-0.15, -0.1) is 0 Å². The second-order valence-corrected chi connectivity index (χ2v) is 12.3. The zero-order valence-electron chi connectivity index (χ0n) is 29.9. The molecule has 0 aromatic heterocycles. The lowest BCUT2D eigenvalue weighted by atomic mass is 10.1. The first-order valence-corrected chi connectivity index (χ1v) is 17.1. The number of hydrogen-bond acceptors (Lipinski definition) is 3. The van der Waals surface area contributed by atoms with Crippen LogP contribution in [0.5, 0.6) is 5.75 Å². The van der Waals surface area contributed by atoms with Crippen molar-refractivity contribution in [3.05, 3.63) is 211 Å². The van der Waals surface area contributed by atoms with Crippen molar-refractivity contribution in [1.29, 1.82) is 0 Å². The van der Waals surface area contributed by atoms with Crippen molar-refractivity contribution in [1.82, 2.24) is 8.97 Å². The van der Waals surface area contributed by atoms with E-state index in [0.29, 0.717) is 8.97 Å². The van der Waals surface area contributed by atoms with Gasteiger partial charge in [-0.1, -0.05) is 109 Å². The average molecular weight is 747 g/mol. The summed E-state index contributed by atoms with van der Waals surface area (Å²) in [5, 5.41) is 19.7. The van der Waals surface area contributed by atoms with Crippen molar-refractivity contribution in [3.63, 3.8) is 0 Å². The van der Waals surface area contributed by atoms with Crippen LogP contribution in [0.4, 0.5) is 56.1 Å². The highest BCUT2D eigenvalue weighted by atomic mass is 19.2. The molecule has 0 aliphatic rings. The third kappa shape index (κ3) is 9.00. The second kappa shape index (κ2) is 18.3. The average Bonchev–Trinajstić information content (AvgIpc) is 3.25. The third-order valence-electron chi connectivity index (χ3n) is 9.02. The Hall–Kier alpha value is -6.11. The highest BCUT2D eigenvalue weighted by molar-refractivity contribution is 6.29. The van der Waals surface area contributed by atoms with Crippen molar-refractivity contribution in [3.8, 4) is 5.75 Å². The smallest absolute Gasteiger partial charge is 0.205 e. The Balaban J connectivity index is 0.000000160. The zero-order valence-corrected chi connectivity index (χ0v) is 29.9. The van der Waals surface area contributed by atoms with E-state index in [9.17, 15) is 32.0 Å². The maximum absolute atomic E-state index is 12.6. The largest absolute Gasteiger partial charge is 0.860 e. The van der Waals surface area contributed by atoms with Crippen LogP contribution in [0.25, 0.3) is 0 Å². The number of halogens is 5. The highest BCUT2D eigenvalue weighted by Gasteiger charge is 2.32. The van der Waals surface area contributed by atoms with E-state index in [1.807, 2.05) is 0 Å². The number of nitrogens with zero attached hydrogens (tertiary/aromatic N) is 2. The van der Waals surface area contributed by atoms with E-state index in [1.54, 1.807) is 0 Å². The van der Waals surface area contributed by atoms with Crippen molar-refractivity contribution >= 4 is 41.4 Å². The van der Waals surface area contributed by atoms with Gasteiger partial charge < -0.3 is 14.7 Å². The van der Waals surface area contributed by atoms with E-state index in [-0.39, 0.29) is 0 Å². The number of benzene rings is 7. The molecule has 55 heavy (non-hydrogen) atoms. The molecule has 7 rings (SSSR count). The first-order chi connectivity index (χ1) is 26.5.